The van der Waals surface area contributed by atoms with Crippen molar-refractivity contribution >= 4 is 0 Å². The van der Waals surface area contributed by atoms with Crippen molar-refractivity contribution < 1.29 is 14.6 Å². The molecule has 0 saturated carbocycles. The largest absolute Gasteiger partial charge is 0.388 e. The molecule has 1 heterocycles. The van der Waals surface area contributed by atoms with Gasteiger partial charge in [-0.1, -0.05) is 6.92 Å². The summed E-state index contributed by atoms with van der Waals surface area (Å²) in [6.07, 6.45) is 1.17. The predicted octanol–water partition coefficient (Wildman–Crippen LogP) is 0.563. The van der Waals surface area contributed by atoms with E-state index in [1.807, 2.05) is 6.92 Å². The Labute approximate surface area is 67.3 Å². The van der Waals surface area contributed by atoms with Crippen LogP contribution in [0.3, 0.4) is 0 Å². The van der Waals surface area contributed by atoms with E-state index in [2.05, 4.69) is 0 Å². The molecule has 1 rings (SSSR count). The standard InChI is InChI=1S/C8H16O3/c1-3-8(10-2)4-5-11-6-7(8)9/h7,9H,3-6H2,1-2H3/t7-,8?/m1/s1. The molecule has 0 aromatic heterocycles. The Bertz CT molecular complexity index is 121. The van der Waals surface area contributed by atoms with Gasteiger partial charge in [0, 0.05) is 20.1 Å². The van der Waals surface area contributed by atoms with Crippen LogP contribution < -0.4 is 0 Å². The number of aliphatic hydroxyl groups is 1. The monoisotopic (exact) mass is 160 g/mol. The SMILES string of the molecule is CCC1(OC)CCOC[C@H]1O. The molecular formula is C8H16O3. The lowest BCUT2D eigenvalue weighted by molar-refractivity contribution is -0.170. The number of ether oxygens (including phenoxy) is 2. The molecule has 0 bridgehead atoms. The predicted molar refractivity (Wildman–Crippen MR) is 41.5 cm³/mol. The molecule has 0 amide bonds. The van der Waals surface area contributed by atoms with E-state index >= 15 is 0 Å². The van der Waals surface area contributed by atoms with E-state index in [0.29, 0.717) is 13.2 Å². The summed E-state index contributed by atoms with van der Waals surface area (Å²) in [4.78, 5) is 0. The Morgan fingerprint density at radius 2 is 2.45 bits per heavy atom. The van der Waals surface area contributed by atoms with Crippen LogP contribution in [0.4, 0.5) is 0 Å². The van der Waals surface area contributed by atoms with Gasteiger partial charge in [0.15, 0.2) is 0 Å². The molecule has 0 radical (unpaired) electrons. The number of rotatable bonds is 2. The van der Waals surface area contributed by atoms with Gasteiger partial charge in [0.1, 0.15) is 6.10 Å². The molecule has 11 heavy (non-hydrogen) atoms. The number of hydrogen-bond acceptors (Lipinski definition) is 3. The van der Waals surface area contributed by atoms with Crippen molar-refractivity contribution in [2.24, 2.45) is 0 Å². The Morgan fingerprint density at radius 1 is 1.73 bits per heavy atom. The minimum atomic E-state index is -0.466. The summed E-state index contributed by atoms with van der Waals surface area (Å²) >= 11 is 0. The highest BCUT2D eigenvalue weighted by molar-refractivity contribution is 4.89. The molecule has 1 saturated heterocycles. The average molecular weight is 160 g/mol. The maximum Gasteiger partial charge on any atom is 0.106 e. The molecule has 66 valence electrons. The third kappa shape index (κ3) is 1.55. The van der Waals surface area contributed by atoms with Gasteiger partial charge in [-0.3, -0.25) is 0 Å². The summed E-state index contributed by atoms with van der Waals surface area (Å²) in [5.74, 6) is 0. The van der Waals surface area contributed by atoms with Crippen LogP contribution in [0.5, 0.6) is 0 Å². The van der Waals surface area contributed by atoms with Crippen LogP contribution in [0.2, 0.25) is 0 Å². The van der Waals surface area contributed by atoms with E-state index in [4.69, 9.17) is 9.47 Å². The van der Waals surface area contributed by atoms with Crippen LogP contribution in [0.1, 0.15) is 19.8 Å². The normalized spacial score (nSPS) is 39.0. The quantitative estimate of drug-likeness (QED) is 0.641. The number of aliphatic hydroxyl groups excluding tert-OH is 1. The van der Waals surface area contributed by atoms with Gasteiger partial charge in [-0.05, 0) is 6.42 Å². The molecule has 1 unspecified atom stereocenters. The molecule has 3 nitrogen and oxygen atoms in total. The minimum absolute atomic E-state index is 0.349. The lowest BCUT2D eigenvalue weighted by Gasteiger charge is -2.39. The first kappa shape index (κ1) is 8.97. The first-order valence-electron chi connectivity index (χ1n) is 4.06. The second-order valence-corrected chi connectivity index (χ2v) is 2.96. The van der Waals surface area contributed by atoms with E-state index in [0.717, 1.165) is 12.8 Å². The van der Waals surface area contributed by atoms with Crippen LogP contribution in [0.15, 0.2) is 0 Å². The van der Waals surface area contributed by atoms with E-state index in [9.17, 15) is 5.11 Å². The Kier molecular flexibility index (Phi) is 2.87. The van der Waals surface area contributed by atoms with Gasteiger partial charge >= 0.3 is 0 Å². The molecule has 1 aliphatic heterocycles. The first-order chi connectivity index (χ1) is 5.25. The van der Waals surface area contributed by atoms with Crippen LogP contribution in [0.25, 0.3) is 0 Å². The van der Waals surface area contributed by atoms with Gasteiger partial charge in [0.05, 0.1) is 12.2 Å². The summed E-state index contributed by atoms with van der Waals surface area (Å²) in [6.45, 7) is 3.12. The van der Waals surface area contributed by atoms with Crippen LogP contribution >= 0.6 is 0 Å². The molecule has 1 fully saturated rings. The highest BCUT2D eigenvalue weighted by atomic mass is 16.5. The van der Waals surface area contributed by atoms with Gasteiger partial charge in [-0.25, -0.2) is 0 Å². The van der Waals surface area contributed by atoms with Crippen LogP contribution in [-0.2, 0) is 9.47 Å². The molecule has 0 aromatic rings. The summed E-state index contributed by atoms with van der Waals surface area (Å²) in [5.41, 5.74) is -0.349. The molecule has 1 aliphatic rings. The van der Waals surface area contributed by atoms with Crippen molar-refractivity contribution in [2.75, 3.05) is 20.3 Å². The maximum absolute atomic E-state index is 9.57. The second-order valence-electron chi connectivity index (χ2n) is 2.96. The molecule has 3 heteroatoms. The maximum atomic E-state index is 9.57. The van der Waals surface area contributed by atoms with Crippen molar-refractivity contribution in [3.05, 3.63) is 0 Å². The van der Waals surface area contributed by atoms with Crippen molar-refractivity contribution in [2.45, 2.75) is 31.5 Å². The molecular weight excluding hydrogens is 144 g/mol. The number of methoxy groups -OCH3 is 1. The topological polar surface area (TPSA) is 38.7 Å². The van der Waals surface area contributed by atoms with E-state index < -0.39 is 6.10 Å². The fraction of sp³-hybridized carbons (Fsp3) is 1.00. The van der Waals surface area contributed by atoms with Crippen molar-refractivity contribution in [3.8, 4) is 0 Å². The molecule has 2 atom stereocenters. The van der Waals surface area contributed by atoms with Gasteiger partial charge in [0.25, 0.3) is 0 Å². The average Bonchev–Trinajstić information content (AvgIpc) is 2.06. The van der Waals surface area contributed by atoms with E-state index in [1.165, 1.54) is 0 Å². The smallest absolute Gasteiger partial charge is 0.106 e. The van der Waals surface area contributed by atoms with Gasteiger partial charge < -0.3 is 14.6 Å². The van der Waals surface area contributed by atoms with Gasteiger partial charge in [0.2, 0.25) is 0 Å². The van der Waals surface area contributed by atoms with Crippen molar-refractivity contribution in [3.63, 3.8) is 0 Å². The minimum Gasteiger partial charge on any atom is -0.388 e. The fourth-order valence-corrected chi connectivity index (χ4v) is 1.55. The summed E-state index contributed by atoms with van der Waals surface area (Å²) in [7, 11) is 1.65. The zero-order valence-corrected chi connectivity index (χ0v) is 7.17. The van der Waals surface area contributed by atoms with Gasteiger partial charge in [-0.15, -0.1) is 0 Å². The van der Waals surface area contributed by atoms with Crippen molar-refractivity contribution in [1.29, 1.82) is 0 Å². The fourth-order valence-electron chi connectivity index (χ4n) is 1.55. The first-order valence-corrected chi connectivity index (χ1v) is 4.06. The summed E-state index contributed by atoms with van der Waals surface area (Å²) < 4.78 is 10.4. The lowest BCUT2D eigenvalue weighted by atomic mass is 9.89. The lowest BCUT2D eigenvalue weighted by Crippen LogP contribution is -2.50. The molecule has 0 spiro atoms. The molecule has 0 aromatic carbocycles. The van der Waals surface area contributed by atoms with E-state index in [1.54, 1.807) is 7.11 Å². The zero-order chi connectivity index (χ0) is 8.32. The Morgan fingerprint density at radius 3 is 2.82 bits per heavy atom. The molecule has 1 N–H and O–H groups in total. The van der Waals surface area contributed by atoms with Crippen LogP contribution in [0, 0.1) is 0 Å². The Hall–Kier alpha value is -0.120. The second kappa shape index (κ2) is 3.52. The highest BCUT2D eigenvalue weighted by Crippen LogP contribution is 2.27. The molecule has 0 aliphatic carbocycles. The third-order valence-corrected chi connectivity index (χ3v) is 2.56. The number of hydrogen-bond donors (Lipinski definition) is 1. The third-order valence-electron chi connectivity index (χ3n) is 2.56. The Balaban J connectivity index is 2.61. The van der Waals surface area contributed by atoms with Crippen molar-refractivity contribution in [1.82, 2.24) is 0 Å². The zero-order valence-electron chi connectivity index (χ0n) is 7.17. The van der Waals surface area contributed by atoms with E-state index in [-0.39, 0.29) is 5.60 Å². The van der Waals surface area contributed by atoms with Crippen LogP contribution in [-0.4, -0.2) is 37.1 Å². The summed E-state index contributed by atoms with van der Waals surface area (Å²) in [5, 5.41) is 9.57. The van der Waals surface area contributed by atoms with Gasteiger partial charge in [-0.2, -0.15) is 0 Å². The summed E-state index contributed by atoms with van der Waals surface area (Å²) in [6, 6.07) is 0. The highest BCUT2D eigenvalue weighted by Gasteiger charge is 2.38.